The van der Waals surface area contributed by atoms with E-state index in [2.05, 4.69) is 5.32 Å². The Morgan fingerprint density at radius 3 is 2.33 bits per heavy atom. The van der Waals surface area contributed by atoms with E-state index in [4.69, 9.17) is 14.6 Å². The van der Waals surface area contributed by atoms with Gasteiger partial charge in [-0.2, -0.15) is 0 Å². The zero-order valence-corrected chi connectivity index (χ0v) is 19.3. The van der Waals surface area contributed by atoms with Crippen molar-refractivity contribution in [3.63, 3.8) is 0 Å². The number of rotatable bonds is 8. The molecular formula is C27H22N2O7. The van der Waals surface area contributed by atoms with Crippen LogP contribution in [0.15, 0.2) is 78.4 Å². The molecule has 4 rings (SSSR count). The molecule has 36 heavy (non-hydrogen) atoms. The maximum atomic E-state index is 13.1. The van der Waals surface area contributed by atoms with E-state index in [-0.39, 0.29) is 16.8 Å². The standard InChI is InChI=1S/C27H22N2O7/c1-2-35-23-15-18(8-13-22(23)36-16-17-6-4-3-5-7-17)14-21-24(30)28-27(34)29(25(21)31)20-11-9-19(10-12-20)26(32)33/h3-15H,2,16H2,1H3,(H,32,33)(H,28,30,34). The van der Waals surface area contributed by atoms with Gasteiger partial charge in [0.25, 0.3) is 11.8 Å². The van der Waals surface area contributed by atoms with Gasteiger partial charge in [-0.15, -0.1) is 0 Å². The van der Waals surface area contributed by atoms with Gasteiger partial charge in [0.2, 0.25) is 0 Å². The number of nitrogens with one attached hydrogen (secondary N) is 1. The van der Waals surface area contributed by atoms with E-state index < -0.39 is 23.8 Å². The van der Waals surface area contributed by atoms with Crippen LogP contribution < -0.4 is 19.7 Å². The number of urea groups is 1. The van der Waals surface area contributed by atoms with Crippen molar-refractivity contribution in [2.45, 2.75) is 13.5 Å². The third-order valence-electron chi connectivity index (χ3n) is 5.29. The lowest BCUT2D eigenvalue weighted by Crippen LogP contribution is -2.54. The zero-order chi connectivity index (χ0) is 25.7. The van der Waals surface area contributed by atoms with Crippen molar-refractivity contribution in [3.05, 3.63) is 95.1 Å². The first-order valence-corrected chi connectivity index (χ1v) is 11.1. The minimum Gasteiger partial charge on any atom is -0.490 e. The zero-order valence-electron chi connectivity index (χ0n) is 19.3. The molecule has 0 atom stereocenters. The second-order valence-corrected chi connectivity index (χ2v) is 7.72. The van der Waals surface area contributed by atoms with Gasteiger partial charge in [0.05, 0.1) is 17.9 Å². The smallest absolute Gasteiger partial charge is 0.335 e. The largest absolute Gasteiger partial charge is 0.490 e. The van der Waals surface area contributed by atoms with Crippen LogP contribution in [0.3, 0.4) is 0 Å². The van der Waals surface area contributed by atoms with Crippen molar-refractivity contribution >= 4 is 35.6 Å². The number of imide groups is 2. The number of ether oxygens (including phenoxy) is 2. The van der Waals surface area contributed by atoms with Crippen LogP contribution in [-0.4, -0.2) is 35.5 Å². The molecule has 182 valence electrons. The van der Waals surface area contributed by atoms with Gasteiger partial charge in [0, 0.05) is 0 Å². The average Bonchev–Trinajstić information content (AvgIpc) is 2.87. The topological polar surface area (TPSA) is 122 Å². The van der Waals surface area contributed by atoms with E-state index in [1.165, 1.54) is 30.3 Å². The minimum atomic E-state index is -1.15. The molecule has 9 heteroatoms. The Bertz CT molecular complexity index is 1350. The molecule has 0 aromatic heterocycles. The van der Waals surface area contributed by atoms with E-state index in [0.29, 0.717) is 30.3 Å². The highest BCUT2D eigenvalue weighted by molar-refractivity contribution is 6.39. The van der Waals surface area contributed by atoms with Crippen LogP contribution in [0.5, 0.6) is 11.5 Å². The molecule has 0 saturated carbocycles. The summed E-state index contributed by atoms with van der Waals surface area (Å²) < 4.78 is 11.6. The van der Waals surface area contributed by atoms with Crippen LogP contribution in [0.1, 0.15) is 28.4 Å². The van der Waals surface area contributed by atoms with Gasteiger partial charge in [-0.1, -0.05) is 36.4 Å². The predicted molar refractivity (Wildman–Crippen MR) is 131 cm³/mol. The molecule has 4 amide bonds. The van der Waals surface area contributed by atoms with Crippen LogP contribution in [0.4, 0.5) is 10.5 Å². The predicted octanol–water partition coefficient (Wildman–Crippen LogP) is 4.03. The van der Waals surface area contributed by atoms with Gasteiger partial charge >= 0.3 is 12.0 Å². The number of nitrogens with zero attached hydrogens (tertiary/aromatic N) is 1. The third-order valence-corrected chi connectivity index (χ3v) is 5.29. The summed E-state index contributed by atoms with van der Waals surface area (Å²) in [6.45, 7) is 2.53. The summed E-state index contributed by atoms with van der Waals surface area (Å²) in [4.78, 5) is 49.9. The van der Waals surface area contributed by atoms with Gasteiger partial charge in [-0.3, -0.25) is 14.9 Å². The molecular weight excluding hydrogens is 464 g/mol. The number of amides is 4. The van der Waals surface area contributed by atoms with Crippen molar-refractivity contribution in [2.75, 3.05) is 11.5 Å². The average molecular weight is 486 g/mol. The molecule has 3 aromatic carbocycles. The number of anilines is 1. The molecule has 0 aliphatic carbocycles. The lowest BCUT2D eigenvalue weighted by Gasteiger charge is -2.26. The Balaban J connectivity index is 1.61. The molecule has 1 aliphatic heterocycles. The number of barbiturate groups is 1. The van der Waals surface area contributed by atoms with Crippen LogP contribution in [0, 0.1) is 0 Å². The third kappa shape index (κ3) is 5.25. The highest BCUT2D eigenvalue weighted by Gasteiger charge is 2.36. The number of carboxylic acids is 1. The van der Waals surface area contributed by atoms with Crippen LogP contribution >= 0.6 is 0 Å². The first-order valence-electron chi connectivity index (χ1n) is 11.1. The maximum Gasteiger partial charge on any atom is 0.335 e. The maximum absolute atomic E-state index is 13.1. The van der Waals surface area contributed by atoms with Crippen molar-refractivity contribution in [1.29, 1.82) is 0 Å². The fraction of sp³-hybridized carbons (Fsp3) is 0.111. The Morgan fingerprint density at radius 1 is 0.944 bits per heavy atom. The molecule has 1 fully saturated rings. The summed E-state index contributed by atoms with van der Waals surface area (Å²) in [5, 5.41) is 11.2. The summed E-state index contributed by atoms with van der Waals surface area (Å²) in [5.41, 5.74) is 1.32. The van der Waals surface area contributed by atoms with E-state index in [9.17, 15) is 19.2 Å². The molecule has 9 nitrogen and oxygen atoms in total. The van der Waals surface area contributed by atoms with Crippen LogP contribution in [-0.2, 0) is 16.2 Å². The van der Waals surface area contributed by atoms with E-state index in [1.54, 1.807) is 18.2 Å². The van der Waals surface area contributed by atoms with E-state index >= 15 is 0 Å². The number of carboxylic acid groups (broad SMARTS) is 1. The number of carbonyl (C=O) groups is 4. The fourth-order valence-electron chi connectivity index (χ4n) is 3.55. The lowest BCUT2D eigenvalue weighted by molar-refractivity contribution is -0.122. The molecule has 1 saturated heterocycles. The summed E-state index contributed by atoms with van der Waals surface area (Å²) >= 11 is 0. The van der Waals surface area contributed by atoms with Crippen LogP contribution in [0.2, 0.25) is 0 Å². The summed E-state index contributed by atoms with van der Waals surface area (Å²) in [6, 6.07) is 18.9. The second-order valence-electron chi connectivity index (χ2n) is 7.72. The van der Waals surface area contributed by atoms with Crippen molar-refractivity contribution in [2.24, 2.45) is 0 Å². The van der Waals surface area contributed by atoms with Gasteiger partial charge < -0.3 is 14.6 Å². The van der Waals surface area contributed by atoms with Gasteiger partial charge in [0.15, 0.2) is 11.5 Å². The van der Waals surface area contributed by atoms with Crippen LogP contribution in [0.25, 0.3) is 6.08 Å². The first-order chi connectivity index (χ1) is 17.4. The SMILES string of the molecule is CCOc1cc(C=C2C(=O)NC(=O)N(c3ccc(C(=O)O)cc3)C2=O)ccc1OCc1ccccc1. The Morgan fingerprint density at radius 2 is 1.67 bits per heavy atom. The molecule has 3 aromatic rings. The highest BCUT2D eigenvalue weighted by Crippen LogP contribution is 2.31. The van der Waals surface area contributed by atoms with Gasteiger partial charge in [0.1, 0.15) is 12.2 Å². The Hall–Kier alpha value is -4.92. The van der Waals surface area contributed by atoms with Crippen molar-refractivity contribution in [1.82, 2.24) is 5.32 Å². The van der Waals surface area contributed by atoms with Gasteiger partial charge in [-0.25, -0.2) is 14.5 Å². The molecule has 2 N–H and O–H groups in total. The minimum absolute atomic E-state index is 0.00603. The van der Waals surface area contributed by atoms with Crippen molar-refractivity contribution < 1.29 is 33.8 Å². The summed E-state index contributed by atoms with van der Waals surface area (Å²) in [5.74, 6) is -1.89. The van der Waals surface area contributed by atoms with Crippen molar-refractivity contribution in [3.8, 4) is 11.5 Å². The van der Waals surface area contributed by atoms with Gasteiger partial charge in [-0.05, 0) is 60.5 Å². The molecule has 1 heterocycles. The quantitative estimate of drug-likeness (QED) is 0.364. The second kappa shape index (κ2) is 10.6. The number of hydrogen-bond donors (Lipinski definition) is 2. The molecule has 1 aliphatic rings. The number of hydrogen-bond acceptors (Lipinski definition) is 6. The normalized spacial score (nSPS) is 14.5. The Labute approximate surface area is 206 Å². The fourth-order valence-corrected chi connectivity index (χ4v) is 3.55. The Kier molecular flexibility index (Phi) is 7.10. The summed E-state index contributed by atoms with van der Waals surface area (Å²) in [6.07, 6.45) is 1.35. The molecule has 0 bridgehead atoms. The highest BCUT2D eigenvalue weighted by atomic mass is 16.5. The molecule has 0 spiro atoms. The monoisotopic (exact) mass is 486 g/mol. The molecule has 0 unspecified atom stereocenters. The lowest BCUT2D eigenvalue weighted by atomic mass is 10.1. The van der Waals surface area contributed by atoms with E-state index in [1.807, 2.05) is 37.3 Å². The number of aromatic carboxylic acids is 1. The van der Waals surface area contributed by atoms with E-state index in [0.717, 1.165) is 10.5 Å². The molecule has 0 radical (unpaired) electrons. The number of benzene rings is 3. The number of carbonyl (C=O) groups excluding carboxylic acids is 3. The first kappa shape index (κ1) is 24.2. The summed E-state index contributed by atoms with van der Waals surface area (Å²) in [7, 11) is 0.